The SMILES string of the molecule is CCCN(CCC)c1nc(Cl)nc2c1CCN(Cc1ccccc1)C2. The lowest BCUT2D eigenvalue weighted by molar-refractivity contribution is 0.241. The largest absolute Gasteiger partial charge is 0.356 e. The molecule has 5 heteroatoms. The lowest BCUT2D eigenvalue weighted by Crippen LogP contribution is -2.34. The summed E-state index contributed by atoms with van der Waals surface area (Å²) in [6, 6.07) is 10.6. The van der Waals surface area contributed by atoms with Gasteiger partial charge in [0.2, 0.25) is 5.28 Å². The van der Waals surface area contributed by atoms with Gasteiger partial charge in [-0.15, -0.1) is 0 Å². The Kier molecular flexibility index (Phi) is 6.27. The molecule has 134 valence electrons. The fourth-order valence-corrected chi connectivity index (χ4v) is 3.72. The van der Waals surface area contributed by atoms with Crippen LogP contribution in [0.25, 0.3) is 0 Å². The summed E-state index contributed by atoms with van der Waals surface area (Å²) in [5.41, 5.74) is 3.72. The van der Waals surface area contributed by atoms with Gasteiger partial charge in [-0.25, -0.2) is 9.97 Å². The van der Waals surface area contributed by atoms with Gasteiger partial charge in [-0.2, -0.15) is 0 Å². The summed E-state index contributed by atoms with van der Waals surface area (Å²) in [6.07, 6.45) is 3.20. The van der Waals surface area contributed by atoms with Gasteiger partial charge >= 0.3 is 0 Å². The normalized spacial score (nSPS) is 14.4. The Morgan fingerprint density at radius 1 is 1.08 bits per heavy atom. The van der Waals surface area contributed by atoms with Crippen molar-refractivity contribution >= 4 is 17.4 Å². The highest BCUT2D eigenvalue weighted by atomic mass is 35.5. The van der Waals surface area contributed by atoms with Gasteiger partial charge in [0.25, 0.3) is 0 Å². The quantitative estimate of drug-likeness (QED) is 0.690. The van der Waals surface area contributed by atoms with Crippen molar-refractivity contribution in [3.63, 3.8) is 0 Å². The number of fused-ring (bicyclic) bond motifs is 1. The summed E-state index contributed by atoms with van der Waals surface area (Å²) >= 11 is 6.27. The summed E-state index contributed by atoms with van der Waals surface area (Å²) in [6.45, 7) is 9.27. The number of rotatable bonds is 7. The van der Waals surface area contributed by atoms with Crippen molar-refractivity contribution in [3.8, 4) is 0 Å². The second kappa shape index (κ2) is 8.63. The van der Waals surface area contributed by atoms with E-state index >= 15 is 0 Å². The zero-order chi connectivity index (χ0) is 17.6. The third-order valence-corrected chi connectivity index (χ3v) is 4.80. The van der Waals surface area contributed by atoms with Crippen LogP contribution in [0.15, 0.2) is 30.3 Å². The van der Waals surface area contributed by atoms with E-state index in [1.807, 2.05) is 0 Å². The molecule has 0 fully saturated rings. The third-order valence-electron chi connectivity index (χ3n) is 4.63. The fraction of sp³-hybridized carbons (Fsp3) is 0.500. The van der Waals surface area contributed by atoms with E-state index in [1.54, 1.807) is 0 Å². The molecule has 0 aliphatic carbocycles. The summed E-state index contributed by atoms with van der Waals surface area (Å²) in [5.74, 6) is 1.05. The van der Waals surface area contributed by atoms with E-state index < -0.39 is 0 Å². The number of hydrogen-bond acceptors (Lipinski definition) is 4. The van der Waals surface area contributed by atoms with Crippen molar-refractivity contribution in [3.05, 3.63) is 52.4 Å². The van der Waals surface area contributed by atoms with Crippen molar-refractivity contribution in [1.29, 1.82) is 0 Å². The molecular weight excluding hydrogens is 332 g/mol. The molecule has 1 aromatic heterocycles. The molecule has 4 nitrogen and oxygen atoms in total. The predicted molar refractivity (Wildman–Crippen MR) is 104 cm³/mol. The zero-order valence-corrected chi connectivity index (χ0v) is 16.0. The van der Waals surface area contributed by atoms with Crippen molar-refractivity contribution in [2.24, 2.45) is 0 Å². The first kappa shape index (κ1) is 18.2. The van der Waals surface area contributed by atoms with Crippen LogP contribution in [0.4, 0.5) is 5.82 Å². The standard InChI is InChI=1S/C20H27ClN4/c1-3-11-25(12-4-2)19-17-10-13-24(14-16-8-6-5-7-9-16)15-18(17)22-20(21)23-19/h5-9H,3-4,10-15H2,1-2H3. The number of anilines is 1. The molecule has 0 unspecified atom stereocenters. The zero-order valence-electron chi connectivity index (χ0n) is 15.2. The molecule has 3 rings (SSSR count). The molecule has 1 aromatic carbocycles. The monoisotopic (exact) mass is 358 g/mol. The second-order valence-corrected chi connectivity index (χ2v) is 7.01. The topological polar surface area (TPSA) is 32.3 Å². The third kappa shape index (κ3) is 4.50. The average Bonchev–Trinajstić information content (AvgIpc) is 2.61. The molecule has 0 radical (unpaired) electrons. The molecule has 1 aliphatic rings. The van der Waals surface area contributed by atoms with Gasteiger partial charge in [-0.05, 0) is 36.4 Å². The Labute approximate surface area is 155 Å². The van der Waals surface area contributed by atoms with Gasteiger partial charge in [0.1, 0.15) is 5.82 Å². The van der Waals surface area contributed by atoms with Gasteiger partial charge in [0.05, 0.1) is 5.69 Å². The molecule has 0 atom stereocenters. The minimum absolute atomic E-state index is 0.368. The number of nitrogens with zero attached hydrogens (tertiary/aromatic N) is 4. The molecule has 0 saturated carbocycles. The Morgan fingerprint density at radius 2 is 1.80 bits per heavy atom. The van der Waals surface area contributed by atoms with E-state index in [0.29, 0.717) is 5.28 Å². The number of aromatic nitrogens is 2. The smallest absolute Gasteiger partial charge is 0.224 e. The fourth-order valence-electron chi connectivity index (χ4n) is 3.54. The van der Waals surface area contributed by atoms with Crippen molar-refractivity contribution < 1.29 is 0 Å². The van der Waals surface area contributed by atoms with Crippen LogP contribution in [-0.2, 0) is 19.5 Å². The molecule has 0 spiro atoms. The number of halogens is 1. The van der Waals surface area contributed by atoms with E-state index in [0.717, 1.165) is 63.5 Å². The van der Waals surface area contributed by atoms with Gasteiger partial charge in [-0.3, -0.25) is 4.90 Å². The van der Waals surface area contributed by atoms with Crippen LogP contribution in [0, 0.1) is 0 Å². The van der Waals surface area contributed by atoms with E-state index in [-0.39, 0.29) is 0 Å². The molecule has 1 aliphatic heterocycles. The van der Waals surface area contributed by atoms with E-state index in [1.165, 1.54) is 11.1 Å². The second-order valence-electron chi connectivity index (χ2n) is 6.67. The van der Waals surface area contributed by atoms with Gasteiger partial charge < -0.3 is 4.90 Å². The molecule has 25 heavy (non-hydrogen) atoms. The minimum atomic E-state index is 0.368. The minimum Gasteiger partial charge on any atom is -0.356 e. The number of hydrogen-bond donors (Lipinski definition) is 0. The number of benzene rings is 1. The van der Waals surface area contributed by atoms with Crippen molar-refractivity contribution in [2.75, 3.05) is 24.5 Å². The molecule has 0 N–H and O–H groups in total. The van der Waals surface area contributed by atoms with Gasteiger partial charge in [0, 0.05) is 38.3 Å². The van der Waals surface area contributed by atoms with Crippen LogP contribution in [0.3, 0.4) is 0 Å². The summed E-state index contributed by atoms with van der Waals surface area (Å²) in [7, 11) is 0. The average molecular weight is 359 g/mol. The highest BCUT2D eigenvalue weighted by molar-refractivity contribution is 6.28. The molecule has 0 saturated heterocycles. The molecule has 0 amide bonds. The van der Waals surface area contributed by atoms with Crippen molar-refractivity contribution in [1.82, 2.24) is 14.9 Å². The maximum Gasteiger partial charge on any atom is 0.224 e. The van der Waals surface area contributed by atoms with E-state index in [9.17, 15) is 0 Å². The molecule has 2 heterocycles. The Balaban J connectivity index is 1.82. The van der Waals surface area contributed by atoms with Gasteiger partial charge in [-0.1, -0.05) is 44.2 Å². The van der Waals surface area contributed by atoms with E-state index in [2.05, 4.69) is 63.9 Å². The lowest BCUT2D eigenvalue weighted by atomic mass is 10.0. The van der Waals surface area contributed by atoms with Crippen LogP contribution < -0.4 is 4.90 Å². The maximum atomic E-state index is 6.27. The Morgan fingerprint density at radius 3 is 2.48 bits per heavy atom. The Hall–Kier alpha value is -1.65. The first-order chi connectivity index (χ1) is 12.2. The van der Waals surface area contributed by atoms with Crippen LogP contribution in [0.2, 0.25) is 5.28 Å². The van der Waals surface area contributed by atoms with Gasteiger partial charge in [0.15, 0.2) is 0 Å². The van der Waals surface area contributed by atoms with Crippen LogP contribution in [0.1, 0.15) is 43.5 Å². The predicted octanol–water partition coefficient (Wildman–Crippen LogP) is 4.31. The summed E-state index contributed by atoms with van der Waals surface area (Å²) < 4.78 is 0. The van der Waals surface area contributed by atoms with Crippen LogP contribution in [0.5, 0.6) is 0 Å². The van der Waals surface area contributed by atoms with Crippen molar-refractivity contribution in [2.45, 2.75) is 46.2 Å². The summed E-state index contributed by atoms with van der Waals surface area (Å²) in [5, 5.41) is 0.368. The maximum absolute atomic E-state index is 6.27. The summed E-state index contributed by atoms with van der Waals surface area (Å²) in [4.78, 5) is 14.0. The first-order valence-corrected chi connectivity index (χ1v) is 9.65. The van der Waals surface area contributed by atoms with E-state index in [4.69, 9.17) is 11.6 Å². The lowest BCUT2D eigenvalue weighted by Gasteiger charge is -2.32. The highest BCUT2D eigenvalue weighted by Crippen LogP contribution is 2.28. The highest BCUT2D eigenvalue weighted by Gasteiger charge is 2.24. The first-order valence-electron chi connectivity index (χ1n) is 9.27. The Bertz CT molecular complexity index is 684. The molecule has 2 aromatic rings. The van der Waals surface area contributed by atoms with Crippen LogP contribution >= 0.6 is 11.6 Å². The van der Waals surface area contributed by atoms with Crippen LogP contribution in [-0.4, -0.2) is 34.5 Å². The molecular formula is C20H27ClN4. The molecule has 0 bridgehead atoms.